The molecule has 0 radical (unpaired) electrons. The SMILES string of the molecule is C1=CCC(c2cc(NCc3ccccn3)nn3ccnc23)CC1. The molecule has 5 nitrogen and oxygen atoms in total. The van der Waals surface area contributed by atoms with Crippen molar-refractivity contribution in [2.45, 2.75) is 31.7 Å². The van der Waals surface area contributed by atoms with Gasteiger partial charge in [0.05, 0.1) is 12.2 Å². The predicted octanol–water partition coefficient (Wildman–Crippen LogP) is 3.56. The number of anilines is 1. The first-order valence-electron chi connectivity index (χ1n) is 8.03. The lowest BCUT2D eigenvalue weighted by molar-refractivity contribution is 0.616. The van der Waals surface area contributed by atoms with Gasteiger partial charge in [0.1, 0.15) is 5.82 Å². The molecule has 0 saturated carbocycles. The molecule has 1 aliphatic rings. The third kappa shape index (κ3) is 2.95. The molecule has 1 N–H and O–H groups in total. The summed E-state index contributed by atoms with van der Waals surface area (Å²) in [5.41, 5.74) is 3.24. The van der Waals surface area contributed by atoms with Crippen LogP contribution in [0, 0.1) is 0 Å². The molecule has 1 unspecified atom stereocenters. The lowest BCUT2D eigenvalue weighted by Crippen LogP contribution is -2.09. The number of nitrogens with one attached hydrogen (secondary N) is 1. The molecule has 116 valence electrons. The number of hydrogen-bond acceptors (Lipinski definition) is 4. The monoisotopic (exact) mass is 305 g/mol. The first kappa shape index (κ1) is 13.9. The Morgan fingerprint density at radius 2 is 2.17 bits per heavy atom. The Bertz CT molecular complexity index is 822. The van der Waals surface area contributed by atoms with Crippen LogP contribution in [-0.4, -0.2) is 19.6 Å². The molecule has 3 aromatic heterocycles. The van der Waals surface area contributed by atoms with Crippen molar-refractivity contribution in [3.63, 3.8) is 0 Å². The van der Waals surface area contributed by atoms with Crippen molar-refractivity contribution in [2.24, 2.45) is 0 Å². The molecule has 1 aliphatic carbocycles. The van der Waals surface area contributed by atoms with Gasteiger partial charge < -0.3 is 5.32 Å². The molecule has 3 aromatic rings. The quantitative estimate of drug-likeness (QED) is 0.749. The number of allylic oxidation sites excluding steroid dienone is 2. The average Bonchev–Trinajstić information content (AvgIpc) is 3.09. The molecular formula is C18H19N5. The molecule has 0 fully saturated rings. The molecule has 23 heavy (non-hydrogen) atoms. The second-order valence-corrected chi connectivity index (χ2v) is 5.84. The van der Waals surface area contributed by atoms with E-state index in [1.165, 1.54) is 12.0 Å². The maximum atomic E-state index is 4.60. The van der Waals surface area contributed by atoms with Crippen LogP contribution in [0.2, 0.25) is 0 Å². The van der Waals surface area contributed by atoms with Gasteiger partial charge in [-0.3, -0.25) is 4.98 Å². The number of rotatable bonds is 4. The highest BCUT2D eigenvalue weighted by atomic mass is 15.3. The summed E-state index contributed by atoms with van der Waals surface area (Å²) in [5, 5.41) is 7.99. The first-order chi connectivity index (χ1) is 11.4. The van der Waals surface area contributed by atoms with Crippen LogP contribution < -0.4 is 5.32 Å². The van der Waals surface area contributed by atoms with Crippen LogP contribution in [0.5, 0.6) is 0 Å². The van der Waals surface area contributed by atoms with Crippen LogP contribution in [0.25, 0.3) is 5.65 Å². The zero-order chi connectivity index (χ0) is 15.5. The predicted molar refractivity (Wildman–Crippen MR) is 90.3 cm³/mol. The maximum absolute atomic E-state index is 4.60. The van der Waals surface area contributed by atoms with Gasteiger partial charge in [0.15, 0.2) is 5.65 Å². The normalized spacial score (nSPS) is 17.5. The van der Waals surface area contributed by atoms with Crippen LogP contribution in [0.3, 0.4) is 0 Å². The van der Waals surface area contributed by atoms with E-state index in [0.29, 0.717) is 12.5 Å². The minimum absolute atomic E-state index is 0.517. The molecule has 5 heteroatoms. The molecular weight excluding hydrogens is 286 g/mol. The number of fused-ring (bicyclic) bond motifs is 1. The highest BCUT2D eigenvalue weighted by molar-refractivity contribution is 5.54. The highest BCUT2D eigenvalue weighted by Gasteiger charge is 2.18. The van der Waals surface area contributed by atoms with Gasteiger partial charge in [-0.1, -0.05) is 18.2 Å². The maximum Gasteiger partial charge on any atom is 0.157 e. The van der Waals surface area contributed by atoms with Crippen molar-refractivity contribution in [3.05, 3.63) is 66.3 Å². The Hall–Kier alpha value is -2.69. The van der Waals surface area contributed by atoms with Crippen LogP contribution in [-0.2, 0) is 6.54 Å². The van der Waals surface area contributed by atoms with E-state index in [1.54, 1.807) is 0 Å². The van der Waals surface area contributed by atoms with Gasteiger partial charge in [0.25, 0.3) is 0 Å². The fraction of sp³-hybridized carbons (Fsp3) is 0.278. The Balaban J connectivity index is 1.63. The van der Waals surface area contributed by atoms with Crippen molar-refractivity contribution in [1.82, 2.24) is 19.6 Å². The minimum Gasteiger partial charge on any atom is -0.363 e. The molecule has 0 bridgehead atoms. The zero-order valence-electron chi connectivity index (χ0n) is 12.9. The molecule has 4 rings (SSSR count). The van der Waals surface area contributed by atoms with Crippen LogP contribution >= 0.6 is 0 Å². The molecule has 0 spiro atoms. The molecule has 0 aromatic carbocycles. The molecule has 1 atom stereocenters. The Morgan fingerprint density at radius 3 is 3.00 bits per heavy atom. The smallest absolute Gasteiger partial charge is 0.157 e. The summed E-state index contributed by atoms with van der Waals surface area (Å²) >= 11 is 0. The Labute approximate surface area is 135 Å². The molecule has 3 heterocycles. The summed E-state index contributed by atoms with van der Waals surface area (Å²) < 4.78 is 1.87. The van der Waals surface area contributed by atoms with Gasteiger partial charge >= 0.3 is 0 Å². The third-order valence-electron chi connectivity index (χ3n) is 4.27. The Morgan fingerprint density at radius 1 is 1.17 bits per heavy atom. The fourth-order valence-electron chi connectivity index (χ4n) is 3.09. The first-order valence-corrected chi connectivity index (χ1v) is 8.03. The Kier molecular flexibility index (Phi) is 3.76. The summed E-state index contributed by atoms with van der Waals surface area (Å²) in [6.45, 7) is 0.665. The molecule has 0 amide bonds. The largest absolute Gasteiger partial charge is 0.363 e. The summed E-state index contributed by atoms with van der Waals surface area (Å²) in [4.78, 5) is 8.83. The number of aromatic nitrogens is 4. The second-order valence-electron chi connectivity index (χ2n) is 5.84. The van der Waals surface area contributed by atoms with Gasteiger partial charge in [-0.2, -0.15) is 0 Å². The van der Waals surface area contributed by atoms with E-state index in [9.17, 15) is 0 Å². The van der Waals surface area contributed by atoms with E-state index in [1.807, 2.05) is 41.3 Å². The van der Waals surface area contributed by atoms with Gasteiger partial charge in [-0.25, -0.2) is 9.50 Å². The van der Waals surface area contributed by atoms with Gasteiger partial charge in [-0.05, 0) is 43.4 Å². The van der Waals surface area contributed by atoms with Crippen molar-refractivity contribution < 1.29 is 0 Å². The average molecular weight is 305 g/mol. The number of hydrogen-bond donors (Lipinski definition) is 1. The van der Waals surface area contributed by atoms with Gasteiger partial charge in [0.2, 0.25) is 0 Å². The van der Waals surface area contributed by atoms with E-state index >= 15 is 0 Å². The number of nitrogens with zero attached hydrogens (tertiary/aromatic N) is 4. The summed E-state index contributed by atoms with van der Waals surface area (Å²) in [7, 11) is 0. The lowest BCUT2D eigenvalue weighted by Gasteiger charge is -2.19. The van der Waals surface area contributed by atoms with Crippen LogP contribution in [0.15, 0.2) is 55.0 Å². The standard InChI is InChI=1S/C18H19N5/c1-2-6-14(7-3-1)16-12-17(22-23-11-10-20-18(16)23)21-13-15-8-4-5-9-19-15/h1-2,4-5,8-12,14H,3,6-7,13H2,(H,21,22). The third-order valence-corrected chi connectivity index (χ3v) is 4.27. The number of imidazole rings is 1. The van der Waals surface area contributed by atoms with Crippen LogP contribution in [0.1, 0.15) is 36.4 Å². The van der Waals surface area contributed by atoms with E-state index in [-0.39, 0.29) is 0 Å². The van der Waals surface area contributed by atoms with Gasteiger partial charge in [-0.15, -0.1) is 5.10 Å². The van der Waals surface area contributed by atoms with Crippen molar-refractivity contribution >= 4 is 11.5 Å². The molecule has 0 aliphatic heterocycles. The number of pyridine rings is 1. The van der Waals surface area contributed by atoms with Crippen molar-refractivity contribution in [1.29, 1.82) is 0 Å². The highest BCUT2D eigenvalue weighted by Crippen LogP contribution is 2.32. The zero-order valence-corrected chi connectivity index (χ0v) is 12.9. The van der Waals surface area contributed by atoms with E-state index in [4.69, 9.17) is 0 Å². The summed E-state index contributed by atoms with van der Waals surface area (Å²) in [6.07, 6.45) is 13.4. The summed E-state index contributed by atoms with van der Waals surface area (Å²) in [6, 6.07) is 8.08. The minimum atomic E-state index is 0.517. The lowest BCUT2D eigenvalue weighted by atomic mass is 9.88. The molecule has 0 saturated heterocycles. The van der Waals surface area contributed by atoms with Gasteiger partial charge in [0, 0.05) is 24.2 Å². The van der Waals surface area contributed by atoms with Crippen molar-refractivity contribution in [2.75, 3.05) is 5.32 Å². The van der Waals surface area contributed by atoms with E-state index in [2.05, 4.69) is 38.6 Å². The summed E-state index contributed by atoms with van der Waals surface area (Å²) in [5.74, 6) is 1.38. The van der Waals surface area contributed by atoms with Crippen molar-refractivity contribution in [3.8, 4) is 0 Å². The topological polar surface area (TPSA) is 55.1 Å². The van der Waals surface area contributed by atoms with Crippen LogP contribution in [0.4, 0.5) is 5.82 Å². The van der Waals surface area contributed by atoms with E-state index < -0.39 is 0 Å². The van der Waals surface area contributed by atoms with E-state index in [0.717, 1.165) is 30.0 Å². The fourth-order valence-corrected chi connectivity index (χ4v) is 3.09. The second kappa shape index (κ2) is 6.20.